The fourth-order valence-corrected chi connectivity index (χ4v) is 3.56. The molecule has 2 aromatic carbocycles. The number of rotatable bonds is 3. The Hall–Kier alpha value is -2.92. The van der Waals surface area contributed by atoms with E-state index in [1.54, 1.807) is 6.92 Å². The molecule has 0 radical (unpaired) electrons. The second-order valence-electron chi connectivity index (χ2n) is 6.98. The summed E-state index contributed by atoms with van der Waals surface area (Å²) in [5.74, 6) is 0.979. The van der Waals surface area contributed by atoms with Crippen LogP contribution in [0, 0.1) is 6.92 Å². The highest BCUT2D eigenvalue weighted by molar-refractivity contribution is 5.94. The van der Waals surface area contributed by atoms with Gasteiger partial charge in [-0.3, -0.25) is 4.79 Å². The molecule has 1 aromatic heterocycles. The second-order valence-corrected chi connectivity index (χ2v) is 6.98. The van der Waals surface area contributed by atoms with Crippen molar-refractivity contribution in [1.82, 2.24) is 14.8 Å². The van der Waals surface area contributed by atoms with Crippen molar-refractivity contribution in [3.63, 3.8) is 0 Å². The number of carbonyl (C=O) groups excluding carboxylic acids is 1. The quantitative estimate of drug-likeness (QED) is 0.712. The number of hydrogen-bond donors (Lipinski definition) is 0. The minimum absolute atomic E-state index is 0.00808. The highest BCUT2D eigenvalue weighted by atomic mass is 16.4. The predicted octanol–water partition coefficient (Wildman–Crippen LogP) is 3.78. The van der Waals surface area contributed by atoms with Crippen LogP contribution in [0.2, 0.25) is 0 Å². The summed E-state index contributed by atoms with van der Waals surface area (Å²) in [6.45, 7) is 4.12. The van der Waals surface area contributed by atoms with Crippen molar-refractivity contribution in [3.05, 3.63) is 77.7 Å². The number of piperazine rings is 1. The van der Waals surface area contributed by atoms with Crippen LogP contribution in [0.1, 0.15) is 27.9 Å². The van der Waals surface area contributed by atoms with Crippen LogP contribution in [-0.4, -0.2) is 47.4 Å². The smallest absolute Gasteiger partial charge is 0.276 e. The highest BCUT2D eigenvalue weighted by Crippen LogP contribution is 2.28. The van der Waals surface area contributed by atoms with Gasteiger partial charge < -0.3 is 14.2 Å². The molecule has 0 saturated carbocycles. The largest absolute Gasteiger partial charge is 0.441 e. The number of aryl methyl sites for hydroxylation is 1. The van der Waals surface area contributed by atoms with E-state index in [0.717, 1.165) is 24.2 Å². The summed E-state index contributed by atoms with van der Waals surface area (Å²) in [5.41, 5.74) is 2.42. The fourth-order valence-electron chi connectivity index (χ4n) is 3.56. The van der Waals surface area contributed by atoms with Gasteiger partial charge in [0, 0.05) is 25.2 Å². The van der Waals surface area contributed by atoms with E-state index in [2.05, 4.69) is 29.1 Å². The summed E-state index contributed by atoms with van der Waals surface area (Å²) in [5, 5.41) is 0. The maximum atomic E-state index is 13.3. The molecule has 0 aliphatic carbocycles. The lowest BCUT2D eigenvalue weighted by molar-refractivity contribution is 0.0491. The summed E-state index contributed by atoms with van der Waals surface area (Å²) in [6, 6.07) is 19.9. The first-order valence-electron chi connectivity index (χ1n) is 9.21. The molecular formula is C22H23N3O2. The zero-order chi connectivity index (χ0) is 18.8. The monoisotopic (exact) mass is 361 g/mol. The lowest BCUT2D eigenvalue weighted by Gasteiger charge is -2.40. The van der Waals surface area contributed by atoms with E-state index in [1.165, 1.54) is 0 Å². The number of benzene rings is 2. The van der Waals surface area contributed by atoms with Crippen molar-refractivity contribution in [2.75, 3.05) is 26.7 Å². The van der Waals surface area contributed by atoms with Crippen molar-refractivity contribution >= 4 is 5.91 Å². The average Bonchev–Trinajstić information content (AvgIpc) is 3.10. The Morgan fingerprint density at radius 3 is 2.41 bits per heavy atom. The standard InChI is InChI=1S/C22H23N3O2/c1-16-20(23-21(27-16)18-11-7-4-8-12-18)22(26)25-14-13-24(2)15-19(25)17-9-5-3-6-10-17/h3-12,19H,13-15H2,1-2H3/t19-/m1/s1. The second kappa shape index (κ2) is 7.37. The maximum Gasteiger partial charge on any atom is 0.276 e. The maximum absolute atomic E-state index is 13.3. The van der Waals surface area contributed by atoms with E-state index in [4.69, 9.17) is 4.42 Å². The van der Waals surface area contributed by atoms with Crippen LogP contribution in [0.15, 0.2) is 65.1 Å². The zero-order valence-corrected chi connectivity index (χ0v) is 15.6. The van der Waals surface area contributed by atoms with E-state index in [-0.39, 0.29) is 11.9 Å². The molecule has 0 bridgehead atoms. The molecule has 4 rings (SSSR count). The predicted molar refractivity (Wildman–Crippen MR) is 104 cm³/mol. The molecule has 0 N–H and O–H groups in total. The molecule has 138 valence electrons. The topological polar surface area (TPSA) is 49.6 Å². The first kappa shape index (κ1) is 17.5. The Morgan fingerprint density at radius 1 is 1.04 bits per heavy atom. The Bertz CT molecular complexity index is 921. The molecular weight excluding hydrogens is 338 g/mol. The van der Waals surface area contributed by atoms with E-state index in [9.17, 15) is 4.79 Å². The van der Waals surface area contributed by atoms with Gasteiger partial charge in [-0.2, -0.15) is 0 Å². The third-order valence-corrected chi connectivity index (χ3v) is 5.05. The number of likely N-dealkylation sites (N-methyl/N-ethyl adjacent to an activating group) is 1. The number of nitrogens with zero attached hydrogens (tertiary/aromatic N) is 3. The molecule has 0 unspecified atom stereocenters. The van der Waals surface area contributed by atoms with Crippen molar-refractivity contribution in [3.8, 4) is 11.5 Å². The Morgan fingerprint density at radius 2 is 1.70 bits per heavy atom. The van der Waals surface area contributed by atoms with Crippen LogP contribution in [0.25, 0.3) is 11.5 Å². The summed E-state index contributed by atoms with van der Waals surface area (Å²) in [7, 11) is 2.09. The molecule has 27 heavy (non-hydrogen) atoms. The lowest BCUT2D eigenvalue weighted by atomic mass is 10.0. The first-order valence-corrected chi connectivity index (χ1v) is 9.21. The SMILES string of the molecule is Cc1oc(-c2ccccc2)nc1C(=O)N1CCN(C)C[C@@H]1c1ccccc1. The Labute approximate surface area is 159 Å². The molecule has 5 nitrogen and oxygen atoms in total. The molecule has 3 aromatic rings. The van der Waals surface area contributed by atoms with E-state index < -0.39 is 0 Å². The summed E-state index contributed by atoms with van der Waals surface area (Å²) >= 11 is 0. The number of aromatic nitrogens is 1. The number of oxazole rings is 1. The van der Waals surface area contributed by atoms with Crippen LogP contribution in [0.4, 0.5) is 0 Å². The van der Waals surface area contributed by atoms with Gasteiger partial charge in [0.1, 0.15) is 5.76 Å². The van der Waals surface area contributed by atoms with E-state index >= 15 is 0 Å². The summed E-state index contributed by atoms with van der Waals surface area (Å²) in [4.78, 5) is 22.1. The molecule has 5 heteroatoms. The minimum Gasteiger partial charge on any atom is -0.441 e. The minimum atomic E-state index is -0.0691. The molecule has 1 aliphatic heterocycles. The Kier molecular flexibility index (Phi) is 4.77. The number of carbonyl (C=O) groups is 1. The van der Waals surface area contributed by atoms with Crippen LogP contribution in [0.3, 0.4) is 0 Å². The summed E-state index contributed by atoms with van der Waals surface area (Å²) < 4.78 is 5.81. The van der Waals surface area contributed by atoms with Crippen LogP contribution in [-0.2, 0) is 0 Å². The average molecular weight is 361 g/mol. The first-order chi connectivity index (χ1) is 13.1. The van der Waals surface area contributed by atoms with Crippen molar-refractivity contribution in [1.29, 1.82) is 0 Å². The van der Waals surface area contributed by atoms with E-state index in [0.29, 0.717) is 23.9 Å². The normalized spacial score (nSPS) is 17.9. The van der Waals surface area contributed by atoms with Gasteiger partial charge >= 0.3 is 0 Å². The molecule has 1 aliphatic rings. The van der Waals surface area contributed by atoms with Gasteiger partial charge in [-0.15, -0.1) is 0 Å². The molecule has 0 spiro atoms. The molecule has 1 fully saturated rings. The third kappa shape index (κ3) is 3.51. The van der Waals surface area contributed by atoms with Gasteiger partial charge in [-0.25, -0.2) is 4.98 Å². The van der Waals surface area contributed by atoms with Gasteiger partial charge in [0.25, 0.3) is 5.91 Å². The van der Waals surface area contributed by atoms with Crippen LogP contribution >= 0.6 is 0 Å². The molecule has 1 atom stereocenters. The van der Waals surface area contributed by atoms with Gasteiger partial charge in [-0.05, 0) is 31.7 Å². The summed E-state index contributed by atoms with van der Waals surface area (Å²) in [6.07, 6.45) is 0. The number of amides is 1. The Balaban J connectivity index is 1.66. The van der Waals surface area contributed by atoms with Crippen molar-refractivity contribution in [2.24, 2.45) is 0 Å². The van der Waals surface area contributed by atoms with Gasteiger partial charge in [0.2, 0.25) is 5.89 Å². The van der Waals surface area contributed by atoms with Crippen LogP contribution in [0.5, 0.6) is 0 Å². The van der Waals surface area contributed by atoms with Gasteiger partial charge in [0.05, 0.1) is 6.04 Å². The lowest BCUT2D eigenvalue weighted by Crippen LogP contribution is -2.49. The molecule has 2 heterocycles. The van der Waals surface area contributed by atoms with Crippen LogP contribution < -0.4 is 0 Å². The van der Waals surface area contributed by atoms with Gasteiger partial charge in [0.15, 0.2) is 5.69 Å². The van der Waals surface area contributed by atoms with E-state index in [1.807, 2.05) is 53.4 Å². The molecule has 1 amide bonds. The van der Waals surface area contributed by atoms with Crippen molar-refractivity contribution < 1.29 is 9.21 Å². The number of hydrogen-bond acceptors (Lipinski definition) is 4. The zero-order valence-electron chi connectivity index (χ0n) is 15.6. The molecule has 1 saturated heterocycles. The highest BCUT2D eigenvalue weighted by Gasteiger charge is 2.33. The fraction of sp³-hybridized carbons (Fsp3) is 0.273. The van der Waals surface area contributed by atoms with Gasteiger partial charge in [-0.1, -0.05) is 48.5 Å². The van der Waals surface area contributed by atoms with Crippen molar-refractivity contribution in [2.45, 2.75) is 13.0 Å². The third-order valence-electron chi connectivity index (χ3n) is 5.05.